The Kier molecular flexibility index (Phi) is 6.15. The fraction of sp³-hybridized carbons (Fsp3) is 0.667. The van der Waals surface area contributed by atoms with Crippen molar-refractivity contribution in [2.75, 3.05) is 13.7 Å². The molecule has 4 heteroatoms. The summed E-state index contributed by atoms with van der Waals surface area (Å²) in [6, 6.07) is 5.92. The van der Waals surface area contributed by atoms with Gasteiger partial charge in [0.1, 0.15) is 11.4 Å². The van der Waals surface area contributed by atoms with Crippen molar-refractivity contribution in [3.63, 3.8) is 0 Å². The number of benzene rings is 1. The molecular weight excluding hydrogens is 316 g/mol. The normalized spacial score (nSPS) is 23.8. The minimum atomic E-state index is -0.498. The maximum Gasteiger partial charge on any atom is 0.312 e. The minimum Gasteiger partial charge on any atom is -0.497 e. The first-order valence-corrected chi connectivity index (χ1v) is 9.11. The molecule has 0 radical (unpaired) electrons. The summed E-state index contributed by atoms with van der Waals surface area (Å²) < 4.78 is 17.1. The summed E-state index contributed by atoms with van der Waals surface area (Å²) in [6.45, 7) is 12.7. The van der Waals surface area contributed by atoms with E-state index in [1.165, 1.54) is 0 Å². The Labute approximate surface area is 151 Å². The van der Waals surface area contributed by atoms with Gasteiger partial charge < -0.3 is 14.2 Å². The lowest BCUT2D eigenvalue weighted by Gasteiger charge is -2.28. The lowest BCUT2D eigenvalue weighted by Crippen LogP contribution is -2.33. The molecule has 0 saturated carbocycles. The lowest BCUT2D eigenvalue weighted by molar-refractivity contribution is -0.163. The van der Waals surface area contributed by atoms with Crippen LogP contribution in [0.3, 0.4) is 0 Å². The SMILES string of the molecule is COc1ccc(C2OC[C@H](CC(C)C)C2C(=O)OC(C)(C)C)c(C)c1. The van der Waals surface area contributed by atoms with Crippen molar-refractivity contribution in [1.29, 1.82) is 0 Å². The lowest BCUT2D eigenvalue weighted by atomic mass is 9.82. The molecule has 1 heterocycles. The Morgan fingerprint density at radius 1 is 1.32 bits per heavy atom. The second kappa shape index (κ2) is 7.77. The van der Waals surface area contributed by atoms with Crippen LogP contribution in [-0.2, 0) is 14.3 Å². The van der Waals surface area contributed by atoms with Gasteiger partial charge in [-0.1, -0.05) is 19.9 Å². The van der Waals surface area contributed by atoms with Crippen LogP contribution >= 0.6 is 0 Å². The third kappa shape index (κ3) is 4.97. The van der Waals surface area contributed by atoms with Crippen molar-refractivity contribution in [2.24, 2.45) is 17.8 Å². The van der Waals surface area contributed by atoms with Crippen LogP contribution in [0.25, 0.3) is 0 Å². The van der Waals surface area contributed by atoms with E-state index in [9.17, 15) is 4.79 Å². The predicted octanol–water partition coefficient (Wildman–Crippen LogP) is 4.70. The van der Waals surface area contributed by atoms with E-state index in [4.69, 9.17) is 14.2 Å². The molecule has 1 aromatic rings. The number of hydrogen-bond donors (Lipinski definition) is 0. The molecule has 4 nitrogen and oxygen atoms in total. The van der Waals surface area contributed by atoms with Crippen molar-refractivity contribution >= 4 is 5.97 Å². The highest BCUT2D eigenvalue weighted by Gasteiger charge is 2.45. The Balaban J connectivity index is 2.33. The topological polar surface area (TPSA) is 44.8 Å². The van der Waals surface area contributed by atoms with Gasteiger partial charge in [-0.3, -0.25) is 4.79 Å². The van der Waals surface area contributed by atoms with Gasteiger partial charge >= 0.3 is 5.97 Å². The standard InChI is InChI=1S/C21H32O4/c1-13(2)10-15-12-24-19(18(15)20(22)25-21(4,5)6)17-9-8-16(23-7)11-14(17)3/h8-9,11,13,15,18-19H,10,12H2,1-7H3/t15-,18?,19?/m0/s1. The molecule has 3 atom stereocenters. The van der Waals surface area contributed by atoms with Gasteiger partial charge in [-0.05, 0) is 69.2 Å². The van der Waals surface area contributed by atoms with E-state index in [1.54, 1.807) is 7.11 Å². The quantitative estimate of drug-likeness (QED) is 0.724. The molecule has 1 aromatic carbocycles. The molecule has 0 bridgehead atoms. The van der Waals surface area contributed by atoms with Crippen LogP contribution in [-0.4, -0.2) is 25.3 Å². The number of hydrogen-bond acceptors (Lipinski definition) is 4. The summed E-state index contributed by atoms with van der Waals surface area (Å²) in [4.78, 5) is 12.9. The zero-order valence-electron chi connectivity index (χ0n) is 16.6. The molecule has 25 heavy (non-hydrogen) atoms. The van der Waals surface area contributed by atoms with Gasteiger partial charge in [0.25, 0.3) is 0 Å². The second-order valence-electron chi connectivity index (χ2n) is 8.43. The molecule has 2 unspecified atom stereocenters. The summed E-state index contributed by atoms with van der Waals surface area (Å²) in [5.74, 6) is 1.08. The number of carbonyl (C=O) groups excluding carboxylic acids is 1. The molecule has 1 aliphatic heterocycles. The second-order valence-corrected chi connectivity index (χ2v) is 8.43. The molecular formula is C21H32O4. The third-order valence-corrected chi connectivity index (χ3v) is 4.56. The predicted molar refractivity (Wildman–Crippen MR) is 98.7 cm³/mol. The van der Waals surface area contributed by atoms with E-state index in [2.05, 4.69) is 13.8 Å². The average Bonchev–Trinajstić information content (AvgIpc) is 2.87. The monoisotopic (exact) mass is 348 g/mol. The number of esters is 1. The third-order valence-electron chi connectivity index (χ3n) is 4.56. The Bertz CT molecular complexity index is 600. The largest absolute Gasteiger partial charge is 0.497 e. The van der Waals surface area contributed by atoms with Gasteiger partial charge in [0.05, 0.1) is 25.7 Å². The van der Waals surface area contributed by atoms with Gasteiger partial charge in [-0.15, -0.1) is 0 Å². The van der Waals surface area contributed by atoms with E-state index in [1.807, 2.05) is 45.9 Å². The molecule has 1 aliphatic rings. The highest BCUT2D eigenvalue weighted by molar-refractivity contribution is 5.75. The molecule has 0 N–H and O–H groups in total. The number of methoxy groups -OCH3 is 1. The maximum absolute atomic E-state index is 12.9. The fourth-order valence-corrected chi connectivity index (χ4v) is 3.57. The van der Waals surface area contributed by atoms with Crippen LogP contribution < -0.4 is 4.74 Å². The van der Waals surface area contributed by atoms with Crippen molar-refractivity contribution in [3.8, 4) is 5.75 Å². The van der Waals surface area contributed by atoms with Crippen LogP contribution in [0.15, 0.2) is 18.2 Å². The zero-order chi connectivity index (χ0) is 18.8. The van der Waals surface area contributed by atoms with E-state index >= 15 is 0 Å². The summed E-state index contributed by atoms with van der Waals surface area (Å²) in [6.07, 6.45) is 0.694. The first kappa shape index (κ1) is 19.8. The molecule has 2 rings (SSSR count). The van der Waals surface area contributed by atoms with E-state index in [-0.39, 0.29) is 23.9 Å². The minimum absolute atomic E-state index is 0.157. The van der Waals surface area contributed by atoms with E-state index in [0.29, 0.717) is 12.5 Å². The van der Waals surface area contributed by atoms with Crippen LogP contribution in [0.4, 0.5) is 0 Å². The first-order valence-electron chi connectivity index (χ1n) is 9.11. The van der Waals surface area contributed by atoms with Gasteiger partial charge in [0.2, 0.25) is 0 Å². The average molecular weight is 348 g/mol. The number of aryl methyl sites for hydroxylation is 1. The molecule has 0 spiro atoms. The summed E-state index contributed by atoms with van der Waals surface area (Å²) in [5, 5.41) is 0. The van der Waals surface area contributed by atoms with Crippen LogP contribution in [0, 0.1) is 24.7 Å². The molecule has 1 fully saturated rings. The smallest absolute Gasteiger partial charge is 0.312 e. The van der Waals surface area contributed by atoms with Gasteiger partial charge in [0.15, 0.2) is 0 Å². The van der Waals surface area contributed by atoms with E-state index in [0.717, 1.165) is 23.3 Å². The van der Waals surface area contributed by atoms with Gasteiger partial charge in [-0.2, -0.15) is 0 Å². The Morgan fingerprint density at radius 2 is 2.00 bits per heavy atom. The molecule has 0 amide bonds. The first-order chi connectivity index (χ1) is 11.6. The van der Waals surface area contributed by atoms with Crippen LogP contribution in [0.1, 0.15) is 58.3 Å². The van der Waals surface area contributed by atoms with Crippen LogP contribution in [0.2, 0.25) is 0 Å². The van der Waals surface area contributed by atoms with Gasteiger partial charge in [-0.25, -0.2) is 0 Å². The Morgan fingerprint density at radius 3 is 2.52 bits per heavy atom. The fourth-order valence-electron chi connectivity index (χ4n) is 3.57. The molecule has 1 saturated heterocycles. The maximum atomic E-state index is 12.9. The van der Waals surface area contributed by atoms with Crippen molar-refractivity contribution < 1.29 is 19.0 Å². The highest BCUT2D eigenvalue weighted by Crippen LogP contribution is 2.43. The van der Waals surface area contributed by atoms with Crippen molar-refractivity contribution in [2.45, 2.75) is 59.7 Å². The zero-order valence-corrected chi connectivity index (χ0v) is 16.6. The molecule has 0 aromatic heterocycles. The number of rotatable bonds is 5. The number of ether oxygens (including phenoxy) is 3. The van der Waals surface area contributed by atoms with Gasteiger partial charge in [0, 0.05) is 0 Å². The summed E-state index contributed by atoms with van der Waals surface area (Å²) in [7, 11) is 1.66. The Hall–Kier alpha value is -1.55. The molecule has 140 valence electrons. The number of carbonyl (C=O) groups is 1. The van der Waals surface area contributed by atoms with Crippen molar-refractivity contribution in [3.05, 3.63) is 29.3 Å². The van der Waals surface area contributed by atoms with Crippen molar-refractivity contribution in [1.82, 2.24) is 0 Å². The molecule has 0 aliphatic carbocycles. The highest BCUT2D eigenvalue weighted by atomic mass is 16.6. The summed E-state index contributed by atoms with van der Waals surface area (Å²) >= 11 is 0. The van der Waals surface area contributed by atoms with E-state index < -0.39 is 5.60 Å². The summed E-state index contributed by atoms with van der Waals surface area (Å²) in [5.41, 5.74) is 1.62. The van der Waals surface area contributed by atoms with Crippen LogP contribution in [0.5, 0.6) is 5.75 Å².